The number of hydrogen-bond acceptors (Lipinski definition) is 6. The van der Waals surface area contributed by atoms with Crippen molar-refractivity contribution in [3.8, 4) is 0 Å². The molecule has 1 aromatic rings. The largest absolute Gasteiger partial charge is 0.480 e. The van der Waals surface area contributed by atoms with E-state index in [4.69, 9.17) is 9.84 Å². The first kappa shape index (κ1) is 19.0. The molecule has 0 saturated carbocycles. The molecule has 0 amide bonds. The van der Waals surface area contributed by atoms with Crippen LogP contribution in [0.2, 0.25) is 0 Å². The molecule has 0 aromatic heterocycles. The molecule has 23 heavy (non-hydrogen) atoms. The van der Waals surface area contributed by atoms with Crippen molar-refractivity contribution in [1.29, 1.82) is 0 Å². The summed E-state index contributed by atoms with van der Waals surface area (Å²) in [4.78, 5) is 20.8. The first-order valence-corrected chi connectivity index (χ1v) is 8.04. The molecule has 128 valence electrons. The summed E-state index contributed by atoms with van der Waals surface area (Å²) >= 11 is 0. The van der Waals surface area contributed by atoms with Crippen molar-refractivity contribution in [3.05, 3.63) is 34.4 Å². The van der Waals surface area contributed by atoms with Crippen LogP contribution in [0.15, 0.2) is 29.2 Å². The molecule has 0 unspecified atom stereocenters. The Kier molecular flexibility index (Phi) is 5.81. The quantitative estimate of drug-likeness (QED) is 0.558. The molecule has 2 N–H and O–H groups in total. The third kappa shape index (κ3) is 5.93. The second-order valence-electron chi connectivity index (χ2n) is 5.69. The number of carboxylic acids is 1. The summed E-state index contributed by atoms with van der Waals surface area (Å²) in [6.45, 7) is 4.76. The SMILES string of the molecule is CC(C)(C)OC[C@H](NS(=O)(=O)c1ccc([N+](=O)[O-])cc1)C(=O)O. The van der Waals surface area contributed by atoms with Crippen LogP contribution in [0.4, 0.5) is 5.69 Å². The first-order chi connectivity index (χ1) is 10.4. The fourth-order valence-corrected chi connectivity index (χ4v) is 2.67. The van der Waals surface area contributed by atoms with E-state index in [1.807, 2.05) is 4.72 Å². The van der Waals surface area contributed by atoms with Crippen LogP contribution in [-0.2, 0) is 19.6 Å². The number of aliphatic carboxylic acids is 1. The molecule has 0 saturated heterocycles. The number of nitro groups is 1. The number of nitro benzene ring substituents is 1. The number of carboxylic acid groups (broad SMARTS) is 1. The molecule has 1 rings (SSSR count). The van der Waals surface area contributed by atoms with Crippen LogP contribution >= 0.6 is 0 Å². The standard InChI is InChI=1S/C13H18N2O7S/c1-13(2,3)22-8-11(12(16)17)14-23(20,21)10-6-4-9(5-7-10)15(18)19/h4-7,11,14H,8H2,1-3H3,(H,16,17)/t11-/m0/s1. The van der Waals surface area contributed by atoms with Gasteiger partial charge in [-0.05, 0) is 32.9 Å². The van der Waals surface area contributed by atoms with E-state index in [2.05, 4.69) is 0 Å². The maximum absolute atomic E-state index is 12.2. The minimum absolute atomic E-state index is 0.269. The van der Waals surface area contributed by atoms with Crippen LogP contribution in [0.1, 0.15) is 20.8 Å². The fourth-order valence-electron chi connectivity index (χ4n) is 1.49. The number of sulfonamides is 1. The van der Waals surface area contributed by atoms with Crippen molar-refractivity contribution in [2.75, 3.05) is 6.61 Å². The molecule has 0 fully saturated rings. The normalized spacial score (nSPS) is 13.5. The maximum atomic E-state index is 12.2. The summed E-state index contributed by atoms with van der Waals surface area (Å²) in [6, 6.07) is 2.63. The van der Waals surface area contributed by atoms with Crippen molar-refractivity contribution >= 4 is 21.7 Å². The van der Waals surface area contributed by atoms with E-state index in [-0.39, 0.29) is 17.2 Å². The van der Waals surface area contributed by atoms with E-state index in [1.165, 1.54) is 0 Å². The van der Waals surface area contributed by atoms with Gasteiger partial charge in [0.2, 0.25) is 10.0 Å². The topological polar surface area (TPSA) is 136 Å². The minimum atomic E-state index is -4.15. The minimum Gasteiger partial charge on any atom is -0.480 e. The number of nitrogens with one attached hydrogen (secondary N) is 1. The van der Waals surface area contributed by atoms with E-state index in [0.29, 0.717) is 0 Å². The summed E-state index contributed by atoms with van der Waals surface area (Å²) in [5.41, 5.74) is -0.901. The summed E-state index contributed by atoms with van der Waals surface area (Å²) in [7, 11) is -4.15. The van der Waals surface area contributed by atoms with Gasteiger partial charge in [0, 0.05) is 12.1 Å². The molecule has 1 atom stereocenters. The lowest BCUT2D eigenvalue weighted by Crippen LogP contribution is -2.45. The van der Waals surface area contributed by atoms with Gasteiger partial charge in [0.05, 0.1) is 22.0 Å². The highest BCUT2D eigenvalue weighted by molar-refractivity contribution is 7.89. The lowest BCUT2D eigenvalue weighted by molar-refractivity contribution is -0.384. The number of hydrogen-bond donors (Lipinski definition) is 2. The lowest BCUT2D eigenvalue weighted by Gasteiger charge is -2.23. The average molecular weight is 346 g/mol. The van der Waals surface area contributed by atoms with E-state index in [1.54, 1.807) is 20.8 Å². The smallest absolute Gasteiger partial charge is 0.324 e. The molecule has 0 aliphatic heterocycles. The van der Waals surface area contributed by atoms with Gasteiger partial charge in [-0.25, -0.2) is 8.42 Å². The zero-order valence-electron chi connectivity index (χ0n) is 12.8. The first-order valence-electron chi connectivity index (χ1n) is 6.56. The number of carbonyl (C=O) groups is 1. The van der Waals surface area contributed by atoms with E-state index in [0.717, 1.165) is 24.3 Å². The molecule has 0 spiro atoms. The van der Waals surface area contributed by atoms with Crippen LogP contribution < -0.4 is 4.72 Å². The maximum Gasteiger partial charge on any atom is 0.324 e. The molecular weight excluding hydrogens is 328 g/mol. The third-order valence-electron chi connectivity index (χ3n) is 2.64. The van der Waals surface area contributed by atoms with Crippen molar-refractivity contribution in [2.45, 2.75) is 37.3 Å². The van der Waals surface area contributed by atoms with Crippen molar-refractivity contribution < 1.29 is 28.0 Å². The lowest BCUT2D eigenvalue weighted by atomic mass is 10.2. The van der Waals surface area contributed by atoms with Gasteiger partial charge in [-0.15, -0.1) is 0 Å². The molecule has 0 aliphatic rings. The molecule has 10 heteroatoms. The highest BCUT2D eigenvalue weighted by Crippen LogP contribution is 2.16. The number of ether oxygens (including phenoxy) is 1. The molecule has 0 radical (unpaired) electrons. The van der Waals surface area contributed by atoms with Crippen molar-refractivity contribution in [3.63, 3.8) is 0 Å². The molecular formula is C13H18N2O7S. The Morgan fingerprint density at radius 3 is 2.26 bits per heavy atom. The summed E-state index contributed by atoms with van der Waals surface area (Å²) in [5.74, 6) is -1.39. The van der Waals surface area contributed by atoms with Gasteiger partial charge in [0.25, 0.3) is 5.69 Å². The Balaban J connectivity index is 2.93. The van der Waals surface area contributed by atoms with Crippen LogP contribution in [0.25, 0.3) is 0 Å². The van der Waals surface area contributed by atoms with Crippen molar-refractivity contribution in [2.24, 2.45) is 0 Å². The Labute approximate surface area is 133 Å². The van der Waals surface area contributed by atoms with Crippen LogP contribution in [-0.4, -0.2) is 42.7 Å². The average Bonchev–Trinajstić information content (AvgIpc) is 2.42. The Morgan fingerprint density at radius 1 is 1.35 bits per heavy atom. The van der Waals surface area contributed by atoms with Crippen molar-refractivity contribution in [1.82, 2.24) is 4.72 Å². The van der Waals surface area contributed by atoms with Gasteiger partial charge in [-0.1, -0.05) is 0 Å². The van der Waals surface area contributed by atoms with Gasteiger partial charge in [-0.3, -0.25) is 14.9 Å². The number of nitrogens with zero attached hydrogens (tertiary/aromatic N) is 1. The van der Waals surface area contributed by atoms with Gasteiger partial charge in [0.1, 0.15) is 6.04 Å². The Hall–Kier alpha value is -2.04. The Morgan fingerprint density at radius 2 is 1.87 bits per heavy atom. The fraction of sp³-hybridized carbons (Fsp3) is 0.462. The molecule has 0 aliphatic carbocycles. The molecule has 0 bridgehead atoms. The predicted octanol–water partition coefficient (Wildman–Crippen LogP) is 1.14. The third-order valence-corrected chi connectivity index (χ3v) is 4.12. The second kappa shape index (κ2) is 7.02. The summed E-state index contributed by atoms with van der Waals surface area (Å²) in [6.07, 6.45) is 0. The second-order valence-corrected chi connectivity index (χ2v) is 7.40. The summed E-state index contributed by atoms with van der Waals surface area (Å²) < 4.78 is 31.6. The Bertz CT molecular complexity index is 677. The van der Waals surface area contributed by atoms with Gasteiger partial charge < -0.3 is 9.84 Å². The number of benzene rings is 1. The highest BCUT2D eigenvalue weighted by Gasteiger charge is 2.27. The highest BCUT2D eigenvalue weighted by atomic mass is 32.2. The molecule has 0 heterocycles. The zero-order chi connectivity index (χ0) is 17.8. The van der Waals surface area contributed by atoms with Crippen LogP contribution in [0.3, 0.4) is 0 Å². The van der Waals surface area contributed by atoms with E-state index < -0.39 is 32.6 Å². The number of non-ortho nitro benzene ring substituents is 1. The monoisotopic (exact) mass is 346 g/mol. The zero-order valence-corrected chi connectivity index (χ0v) is 13.7. The van der Waals surface area contributed by atoms with Gasteiger partial charge in [-0.2, -0.15) is 4.72 Å². The molecule has 9 nitrogen and oxygen atoms in total. The van der Waals surface area contributed by atoms with E-state index in [9.17, 15) is 23.3 Å². The molecule has 1 aromatic carbocycles. The van der Waals surface area contributed by atoms with Crippen LogP contribution in [0, 0.1) is 10.1 Å². The number of rotatable bonds is 7. The predicted molar refractivity (Wildman–Crippen MR) is 80.5 cm³/mol. The van der Waals surface area contributed by atoms with Gasteiger partial charge >= 0.3 is 5.97 Å². The van der Waals surface area contributed by atoms with E-state index >= 15 is 0 Å². The van der Waals surface area contributed by atoms with Crippen LogP contribution in [0.5, 0.6) is 0 Å². The summed E-state index contributed by atoms with van der Waals surface area (Å²) in [5, 5.41) is 19.7. The van der Waals surface area contributed by atoms with Gasteiger partial charge in [0.15, 0.2) is 0 Å².